The maximum atomic E-state index is 11.7. The summed E-state index contributed by atoms with van der Waals surface area (Å²) in [5, 5.41) is 0. The summed E-state index contributed by atoms with van der Waals surface area (Å²) in [5.41, 5.74) is 6.62. The van der Waals surface area contributed by atoms with E-state index in [0.29, 0.717) is 18.9 Å². The van der Waals surface area contributed by atoms with Crippen molar-refractivity contribution in [2.24, 2.45) is 5.73 Å². The summed E-state index contributed by atoms with van der Waals surface area (Å²) in [5.74, 6) is 2.20. The topological polar surface area (TPSA) is 52.3 Å². The molecule has 1 aromatic carbocycles. The highest BCUT2D eigenvalue weighted by atomic mass is 32.2. The summed E-state index contributed by atoms with van der Waals surface area (Å²) >= 11 is 0. The molecule has 4 heteroatoms. The fourth-order valence-electron chi connectivity index (χ4n) is 1.67. The van der Waals surface area contributed by atoms with Crippen molar-refractivity contribution < 1.29 is 8.95 Å². The van der Waals surface area contributed by atoms with Crippen LogP contribution in [0.25, 0.3) is 0 Å². The first kappa shape index (κ1) is 15.2. The van der Waals surface area contributed by atoms with Crippen LogP contribution < -0.4 is 10.5 Å². The van der Waals surface area contributed by atoms with Gasteiger partial charge in [-0.15, -0.1) is 0 Å². The lowest BCUT2D eigenvalue weighted by Gasteiger charge is -2.09. The van der Waals surface area contributed by atoms with Crippen LogP contribution in [0.3, 0.4) is 0 Å². The van der Waals surface area contributed by atoms with E-state index in [1.807, 2.05) is 24.3 Å². The van der Waals surface area contributed by atoms with Crippen molar-refractivity contribution in [3.63, 3.8) is 0 Å². The molecule has 0 heterocycles. The molecule has 0 saturated carbocycles. The number of benzene rings is 1. The number of hydrogen-bond donors (Lipinski definition) is 1. The van der Waals surface area contributed by atoms with E-state index in [0.717, 1.165) is 36.3 Å². The van der Waals surface area contributed by atoms with Crippen LogP contribution in [0.5, 0.6) is 5.75 Å². The molecule has 2 N–H and O–H groups in total. The van der Waals surface area contributed by atoms with E-state index in [1.54, 1.807) is 0 Å². The van der Waals surface area contributed by atoms with Crippen LogP contribution in [0.2, 0.25) is 0 Å². The van der Waals surface area contributed by atoms with Gasteiger partial charge in [-0.1, -0.05) is 38.0 Å². The summed E-state index contributed by atoms with van der Waals surface area (Å²) in [6.45, 7) is 3.11. The molecule has 102 valence electrons. The molecule has 18 heavy (non-hydrogen) atoms. The number of rotatable bonds is 9. The van der Waals surface area contributed by atoms with Gasteiger partial charge in [-0.2, -0.15) is 0 Å². The highest BCUT2D eigenvalue weighted by Crippen LogP contribution is 2.16. The summed E-state index contributed by atoms with van der Waals surface area (Å²) in [7, 11) is -0.760. The fraction of sp³-hybridized carbons (Fsp3) is 0.571. The van der Waals surface area contributed by atoms with E-state index >= 15 is 0 Å². The van der Waals surface area contributed by atoms with Crippen LogP contribution in [0, 0.1) is 0 Å². The van der Waals surface area contributed by atoms with Gasteiger partial charge in [0.05, 0.1) is 12.4 Å². The van der Waals surface area contributed by atoms with Crippen molar-refractivity contribution >= 4 is 10.8 Å². The van der Waals surface area contributed by atoms with Crippen molar-refractivity contribution in [3.8, 4) is 5.75 Å². The number of para-hydroxylation sites is 1. The van der Waals surface area contributed by atoms with Gasteiger partial charge in [0.15, 0.2) is 0 Å². The van der Waals surface area contributed by atoms with E-state index in [2.05, 4.69) is 6.92 Å². The van der Waals surface area contributed by atoms with Gasteiger partial charge in [-0.05, 0) is 12.5 Å². The Hall–Kier alpha value is -0.870. The minimum absolute atomic E-state index is 0.468. The summed E-state index contributed by atoms with van der Waals surface area (Å²) < 4.78 is 17.3. The standard InChI is InChI=1S/C14H23NO2S/c1-2-3-6-10-18(16)11-9-17-14-8-5-4-7-13(14)12-15/h4-5,7-8H,2-3,6,9-12,15H2,1H3. The molecule has 0 spiro atoms. The van der Waals surface area contributed by atoms with Gasteiger partial charge in [0.25, 0.3) is 0 Å². The monoisotopic (exact) mass is 269 g/mol. The molecule has 1 atom stereocenters. The van der Waals surface area contributed by atoms with E-state index in [-0.39, 0.29) is 0 Å². The predicted molar refractivity (Wildman–Crippen MR) is 77.2 cm³/mol. The maximum Gasteiger partial charge on any atom is 0.123 e. The van der Waals surface area contributed by atoms with E-state index < -0.39 is 10.8 Å². The van der Waals surface area contributed by atoms with Crippen molar-refractivity contribution in [2.75, 3.05) is 18.1 Å². The number of nitrogens with two attached hydrogens (primary N) is 1. The lowest BCUT2D eigenvalue weighted by molar-refractivity contribution is 0.339. The molecule has 1 aromatic rings. The Morgan fingerprint density at radius 3 is 2.72 bits per heavy atom. The van der Waals surface area contributed by atoms with Crippen molar-refractivity contribution in [2.45, 2.75) is 32.7 Å². The molecule has 0 aliphatic rings. The minimum atomic E-state index is -0.760. The molecule has 0 bridgehead atoms. The van der Waals surface area contributed by atoms with Crippen molar-refractivity contribution in [3.05, 3.63) is 29.8 Å². The molecular weight excluding hydrogens is 246 g/mol. The Balaban J connectivity index is 2.26. The second kappa shape index (κ2) is 9.11. The summed E-state index contributed by atoms with van der Waals surface area (Å²) in [4.78, 5) is 0. The van der Waals surface area contributed by atoms with Gasteiger partial charge in [-0.3, -0.25) is 4.21 Å². The van der Waals surface area contributed by atoms with Crippen LogP contribution >= 0.6 is 0 Å². The third kappa shape index (κ3) is 5.65. The SMILES string of the molecule is CCCCCS(=O)CCOc1ccccc1CN. The summed E-state index contributed by atoms with van der Waals surface area (Å²) in [6, 6.07) is 7.72. The van der Waals surface area contributed by atoms with E-state index in [9.17, 15) is 4.21 Å². The quantitative estimate of drug-likeness (QED) is 0.701. The molecule has 1 unspecified atom stereocenters. The van der Waals surface area contributed by atoms with Gasteiger partial charge >= 0.3 is 0 Å². The highest BCUT2D eigenvalue weighted by Gasteiger charge is 2.03. The van der Waals surface area contributed by atoms with Crippen LogP contribution in [0.4, 0.5) is 0 Å². The first-order valence-corrected chi connectivity index (χ1v) is 8.02. The third-order valence-corrected chi connectivity index (χ3v) is 4.10. The normalized spacial score (nSPS) is 12.3. The van der Waals surface area contributed by atoms with Crippen molar-refractivity contribution in [1.29, 1.82) is 0 Å². The number of ether oxygens (including phenoxy) is 1. The third-order valence-electron chi connectivity index (χ3n) is 2.74. The molecule has 3 nitrogen and oxygen atoms in total. The molecule has 0 fully saturated rings. The molecule has 1 rings (SSSR count). The van der Waals surface area contributed by atoms with Gasteiger partial charge in [0.1, 0.15) is 5.75 Å². The van der Waals surface area contributed by atoms with Gasteiger partial charge in [0, 0.05) is 28.7 Å². The Morgan fingerprint density at radius 2 is 2.00 bits per heavy atom. The predicted octanol–water partition coefficient (Wildman–Crippen LogP) is 2.46. The number of unbranched alkanes of at least 4 members (excludes halogenated alkanes) is 2. The molecular formula is C14H23NO2S. The second-order valence-electron chi connectivity index (χ2n) is 4.22. The Labute approximate surface area is 112 Å². The van der Waals surface area contributed by atoms with Gasteiger partial charge in [-0.25, -0.2) is 0 Å². The minimum Gasteiger partial charge on any atom is -0.492 e. The Morgan fingerprint density at radius 1 is 1.22 bits per heavy atom. The van der Waals surface area contributed by atoms with E-state index in [1.165, 1.54) is 0 Å². The molecule has 0 aliphatic carbocycles. The number of hydrogen-bond acceptors (Lipinski definition) is 3. The maximum absolute atomic E-state index is 11.7. The Bertz CT molecular complexity index is 369. The molecule has 0 saturated heterocycles. The molecule has 0 amide bonds. The largest absolute Gasteiger partial charge is 0.492 e. The second-order valence-corrected chi connectivity index (χ2v) is 5.91. The van der Waals surface area contributed by atoms with Crippen LogP contribution in [0.15, 0.2) is 24.3 Å². The molecule has 0 radical (unpaired) electrons. The van der Waals surface area contributed by atoms with Crippen LogP contribution in [0.1, 0.15) is 31.7 Å². The van der Waals surface area contributed by atoms with E-state index in [4.69, 9.17) is 10.5 Å². The van der Waals surface area contributed by atoms with Gasteiger partial charge < -0.3 is 10.5 Å². The zero-order valence-electron chi connectivity index (χ0n) is 11.1. The average molecular weight is 269 g/mol. The van der Waals surface area contributed by atoms with Crippen molar-refractivity contribution in [1.82, 2.24) is 0 Å². The Kier molecular flexibility index (Phi) is 7.69. The van der Waals surface area contributed by atoms with Crippen LogP contribution in [-0.4, -0.2) is 22.3 Å². The zero-order valence-corrected chi connectivity index (χ0v) is 11.9. The lowest BCUT2D eigenvalue weighted by atomic mass is 10.2. The smallest absolute Gasteiger partial charge is 0.123 e. The first-order valence-electron chi connectivity index (χ1n) is 6.53. The molecule has 0 aromatic heterocycles. The fourth-order valence-corrected chi connectivity index (χ4v) is 2.67. The lowest BCUT2D eigenvalue weighted by Crippen LogP contribution is -2.12. The van der Waals surface area contributed by atoms with Crippen LogP contribution in [-0.2, 0) is 17.3 Å². The zero-order chi connectivity index (χ0) is 13.2. The molecule has 0 aliphatic heterocycles. The summed E-state index contributed by atoms with van der Waals surface area (Å²) in [6.07, 6.45) is 3.36. The highest BCUT2D eigenvalue weighted by molar-refractivity contribution is 7.84. The first-order chi connectivity index (χ1) is 8.77. The van der Waals surface area contributed by atoms with Gasteiger partial charge in [0.2, 0.25) is 0 Å². The average Bonchev–Trinajstić information content (AvgIpc) is 2.39.